The topological polar surface area (TPSA) is 55.1 Å². The summed E-state index contributed by atoms with van der Waals surface area (Å²) in [6.45, 7) is 0.513. The molecule has 0 spiro atoms. The predicted molar refractivity (Wildman–Crippen MR) is 82.3 cm³/mol. The normalized spacial score (nSPS) is 30.8. The van der Waals surface area contributed by atoms with Crippen molar-refractivity contribution in [2.24, 2.45) is 11.1 Å². The first-order valence-corrected chi connectivity index (χ1v) is 9.03. The Morgan fingerprint density at radius 3 is 2.37 bits per heavy atom. The Hall–Kier alpha value is -0.220. The summed E-state index contributed by atoms with van der Waals surface area (Å²) >= 11 is 1.97. The predicted octanol–water partition coefficient (Wildman–Crippen LogP) is 2.69. The second kappa shape index (κ2) is 6.98. The van der Waals surface area contributed by atoms with E-state index < -0.39 is 0 Å². The van der Waals surface area contributed by atoms with Gasteiger partial charge in [0.2, 0.25) is 5.91 Å². The summed E-state index contributed by atoms with van der Waals surface area (Å²) in [4.78, 5) is 12.6. The number of rotatable bonds is 4. The molecule has 2 aliphatic carbocycles. The highest BCUT2D eigenvalue weighted by molar-refractivity contribution is 7.99. The Balaban J connectivity index is 1.86. The monoisotopic (exact) mass is 284 g/mol. The lowest BCUT2D eigenvalue weighted by Crippen LogP contribution is -2.51. The highest BCUT2D eigenvalue weighted by Gasteiger charge is 2.39. The van der Waals surface area contributed by atoms with Crippen LogP contribution in [-0.2, 0) is 4.79 Å². The Morgan fingerprint density at radius 1 is 1.21 bits per heavy atom. The van der Waals surface area contributed by atoms with Crippen molar-refractivity contribution in [1.29, 1.82) is 0 Å². The van der Waals surface area contributed by atoms with Crippen molar-refractivity contribution in [3.63, 3.8) is 0 Å². The van der Waals surface area contributed by atoms with Crippen molar-refractivity contribution >= 4 is 17.7 Å². The first-order chi connectivity index (χ1) is 9.20. The lowest BCUT2D eigenvalue weighted by molar-refractivity contribution is -0.133. The molecule has 2 aliphatic rings. The van der Waals surface area contributed by atoms with Crippen molar-refractivity contribution in [1.82, 2.24) is 5.32 Å². The molecule has 0 atom stereocenters. The Morgan fingerprint density at radius 2 is 1.84 bits per heavy atom. The number of hydrogen-bond donors (Lipinski definition) is 2. The van der Waals surface area contributed by atoms with Crippen LogP contribution in [0.2, 0.25) is 0 Å². The van der Waals surface area contributed by atoms with Crippen LogP contribution in [0.1, 0.15) is 57.8 Å². The molecule has 2 saturated carbocycles. The number of nitrogens with one attached hydrogen (secondary N) is 1. The first kappa shape index (κ1) is 15.2. The molecule has 19 heavy (non-hydrogen) atoms. The fourth-order valence-corrected chi connectivity index (χ4v) is 4.28. The summed E-state index contributed by atoms with van der Waals surface area (Å²) in [5.41, 5.74) is 5.67. The molecule has 0 aromatic heterocycles. The van der Waals surface area contributed by atoms with Crippen LogP contribution in [0.15, 0.2) is 0 Å². The molecule has 3 N–H and O–H groups in total. The van der Waals surface area contributed by atoms with Crippen molar-refractivity contribution < 1.29 is 4.79 Å². The van der Waals surface area contributed by atoms with Crippen molar-refractivity contribution in [3.8, 4) is 0 Å². The quantitative estimate of drug-likeness (QED) is 0.834. The zero-order chi connectivity index (χ0) is 13.7. The number of carbonyl (C=O) groups is 1. The van der Waals surface area contributed by atoms with E-state index in [2.05, 4.69) is 11.6 Å². The maximum Gasteiger partial charge on any atom is 0.227 e. The van der Waals surface area contributed by atoms with E-state index in [-0.39, 0.29) is 11.3 Å². The maximum absolute atomic E-state index is 12.6. The van der Waals surface area contributed by atoms with Crippen molar-refractivity contribution in [2.45, 2.75) is 69.1 Å². The minimum atomic E-state index is -0.255. The van der Waals surface area contributed by atoms with Gasteiger partial charge in [-0.05, 0) is 44.8 Å². The summed E-state index contributed by atoms with van der Waals surface area (Å²) < 4.78 is 0. The highest BCUT2D eigenvalue weighted by atomic mass is 32.2. The van der Waals surface area contributed by atoms with Crippen LogP contribution in [0.4, 0.5) is 0 Å². The third kappa shape index (κ3) is 3.66. The van der Waals surface area contributed by atoms with E-state index >= 15 is 0 Å². The summed E-state index contributed by atoms with van der Waals surface area (Å²) in [5, 5.41) is 4.09. The molecule has 4 heteroatoms. The Labute approximate surface area is 121 Å². The molecule has 2 fully saturated rings. The fourth-order valence-electron chi connectivity index (χ4n) is 3.53. The molecule has 110 valence electrons. The molecule has 0 radical (unpaired) electrons. The third-order valence-electron chi connectivity index (χ3n) is 5.03. The molecule has 0 saturated heterocycles. The minimum absolute atomic E-state index is 0.238. The molecule has 0 aromatic carbocycles. The standard InChI is InChI=1S/C15H28N2OS/c1-19-13-7-5-12(6-8-13)17-14(18)15(11-16)9-3-2-4-10-15/h12-13H,2-11,16H2,1H3,(H,17,18). The van der Waals surface area contributed by atoms with Crippen LogP contribution in [0.5, 0.6) is 0 Å². The average Bonchev–Trinajstić information content (AvgIpc) is 2.48. The van der Waals surface area contributed by atoms with E-state index in [1.807, 2.05) is 11.8 Å². The van der Waals surface area contributed by atoms with Gasteiger partial charge in [-0.15, -0.1) is 0 Å². The molecule has 0 bridgehead atoms. The maximum atomic E-state index is 12.6. The molecule has 3 nitrogen and oxygen atoms in total. The van der Waals surface area contributed by atoms with Gasteiger partial charge >= 0.3 is 0 Å². The van der Waals surface area contributed by atoms with Crippen LogP contribution in [-0.4, -0.2) is 30.0 Å². The van der Waals surface area contributed by atoms with Crippen LogP contribution in [0, 0.1) is 5.41 Å². The minimum Gasteiger partial charge on any atom is -0.353 e. The number of nitrogens with two attached hydrogens (primary N) is 1. The van der Waals surface area contributed by atoms with Crippen molar-refractivity contribution in [3.05, 3.63) is 0 Å². The van der Waals surface area contributed by atoms with Gasteiger partial charge in [0.1, 0.15) is 0 Å². The van der Waals surface area contributed by atoms with Gasteiger partial charge in [-0.2, -0.15) is 11.8 Å². The number of amides is 1. The molecule has 0 heterocycles. The van der Waals surface area contributed by atoms with Crippen LogP contribution in [0.25, 0.3) is 0 Å². The zero-order valence-corrected chi connectivity index (χ0v) is 12.9. The second-order valence-electron chi connectivity index (χ2n) is 6.23. The van der Waals surface area contributed by atoms with Gasteiger partial charge in [0.25, 0.3) is 0 Å². The molecule has 1 amide bonds. The first-order valence-electron chi connectivity index (χ1n) is 7.74. The zero-order valence-electron chi connectivity index (χ0n) is 12.1. The lowest BCUT2D eigenvalue weighted by atomic mass is 9.73. The molecule has 0 aliphatic heterocycles. The summed E-state index contributed by atoms with van der Waals surface area (Å²) in [5.74, 6) is 0.238. The highest BCUT2D eigenvalue weighted by Crippen LogP contribution is 2.36. The van der Waals surface area contributed by atoms with Gasteiger partial charge in [0, 0.05) is 17.8 Å². The summed E-state index contributed by atoms with van der Waals surface area (Å²) in [6, 6.07) is 0.390. The summed E-state index contributed by atoms with van der Waals surface area (Å²) in [7, 11) is 0. The van der Waals surface area contributed by atoms with Gasteiger partial charge in [-0.1, -0.05) is 19.3 Å². The van der Waals surface area contributed by atoms with Crippen molar-refractivity contribution in [2.75, 3.05) is 12.8 Å². The molecule has 2 rings (SSSR count). The molecular formula is C15H28N2OS. The Kier molecular flexibility index (Phi) is 5.58. The lowest BCUT2D eigenvalue weighted by Gasteiger charge is -2.37. The van der Waals surface area contributed by atoms with Gasteiger partial charge in [0.15, 0.2) is 0 Å². The number of carbonyl (C=O) groups excluding carboxylic acids is 1. The van der Waals surface area contributed by atoms with Crippen LogP contribution < -0.4 is 11.1 Å². The molecule has 0 aromatic rings. The van der Waals surface area contributed by atoms with Gasteiger partial charge in [0.05, 0.1) is 5.41 Å². The second-order valence-corrected chi connectivity index (χ2v) is 7.37. The average molecular weight is 284 g/mol. The number of thioether (sulfide) groups is 1. The smallest absolute Gasteiger partial charge is 0.227 e. The van der Waals surface area contributed by atoms with E-state index in [1.54, 1.807) is 0 Å². The summed E-state index contributed by atoms with van der Waals surface area (Å²) in [6.07, 6.45) is 12.5. The van der Waals surface area contributed by atoms with E-state index in [9.17, 15) is 4.79 Å². The van der Waals surface area contributed by atoms with Gasteiger partial charge < -0.3 is 11.1 Å². The molecular weight excluding hydrogens is 256 g/mol. The van der Waals surface area contributed by atoms with E-state index in [0.717, 1.165) is 43.8 Å². The SMILES string of the molecule is CSC1CCC(NC(=O)C2(CN)CCCCC2)CC1. The Bertz CT molecular complexity index is 295. The van der Waals surface area contributed by atoms with E-state index in [4.69, 9.17) is 5.73 Å². The molecule has 0 unspecified atom stereocenters. The van der Waals surface area contributed by atoms with Gasteiger partial charge in [-0.3, -0.25) is 4.79 Å². The van der Waals surface area contributed by atoms with E-state index in [0.29, 0.717) is 12.6 Å². The van der Waals surface area contributed by atoms with Gasteiger partial charge in [-0.25, -0.2) is 0 Å². The van der Waals surface area contributed by atoms with Crippen LogP contribution >= 0.6 is 11.8 Å². The van der Waals surface area contributed by atoms with Crippen LogP contribution in [0.3, 0.4) is 0 Å². The largest absolute Gasteiger partial charge is 0.353 e. The number of hydrogen-bond acceptors (Lipinski definition) is 3. The van der Waals surface area contributed by atoms with E-state index in [1.165, 1.54) is 19.3 Å². The third-order valence-corrected chi connectivity index (χ3v) is 6.16. The fraction of sp³-hybridized carbons (Fsp3) is 0.933.